The van der Waals surface area contributed by atoms with Gasteiger partial charge in [0.15, 0.2) is 0 Å². The molecule has 0 atom stereocenters. The van der Waals surface area contributed by atoms with E-state index in [1.807, 2.05) is 36.4 Å². The molecule has 0 aliphatic heterocycles. The van der Waals surface area contributed by atoms with E-state index in [1.54, 1.807) is 0 Å². The molecule has 0 amide bonds. The molecular formula is C54H46N8. The van der Waals surface area contributed by atoms with Crippen LogP contribution in [0.2, 0.25) is 0 Å². The van der Waals surface area contributed by atoms with Gasteiger partial charge in [-0.1, -0.05) is 36.4 Å². The van der Waals surface area contributed by atoms with E-state index >= 15 is 0 Å². The summed E-state index contributed by atoms with van der Waals surface area (Å²) >= 11 is 0. The number of para-hydroxylation sites is 2. The Morgan fingerprint density at radius 2 is 0.210 bits per heavy atom. The van der Waals surface area contributed by atoms with Crippen LogP contribution in [0.5, 0.6) is 0 Å². The van der Waals surface area contributed by atoms with Crippen LogP contribution in [0, 0.1) is 0 Å². The van der Waals surface area contributed by atoms with E-state index < -0.39 is 0 Å². The molecule has 9 aromatic rings. The SMILES string of the molecule is c1ccc(Nc2ccc(Nc3ccc(Nc4ccc(Nc5ccc(Nc6ccc(Nc7ccc(Nc8ccc(Nc9ccccc9)cc8)cc7)cc6)cc5)cc4)cc3)cc2)cc1. The van der Waals surface area contributed by atoms with Crippen molar-refractivity contribution in [2.24, 2.45) is 0 Å². The number of rotatable bonds is 16. The Morgan fingerprint density at radius 3 is 0.323 bits per heavy atom. The molecule has 0 fully saturated rings. The standard InChI is InChI=1S/C54H46N8/c1-3-7-39(8-4-1)55-41-11-15-43(16-12-41)57-45-19-23-47(24-20-45)59-49-27-31-51(32-28-49)61-53-35-37-54(38-36-53)62-52-33-29-50(30-34-52)60-48-25-21-46(22-26-48)58-44-17-13-42(14-18-44)56-40-9-5-2-6-10-40/h1-38,55-62H. The third-order valence-electron chi connectivity index (χ3n) is 10.1. The highest BCUT2D eigenvalue weighted by atomic mass is 14.9. The highest BCUT2D eigenvalue weighted by Crippen LogP contribution is 2.28. The summed E-state index contributed by atoms with van der Waals surface area (Å²) in [4.78, 5) is 0. The van der Waals surface area contributed by atoms with Gasteiger partial charge in [-0.2, -0.15) is 0 Å². The monoisotopic (exact) mass is 806 g/mol. The predicted molar refractivity (Wildman–Crippen MR) is 264 cm³/mol. The molecule has 0 saturated heterocycles. The second kappa shape index (κ2) is 19.0. The lowest BCUT2D eigenvalue weighted by atomic mass is 10.2. The van der Waals surface area contributed by atoms with Crippen LogP contribution < -0.4 is 42.5 Å². The Balaban J connectivity index is 0.704. The molecule has 0 unspecified atom stereocenters. The molecular weight excluding hydrogens is 761 g/mol. The summed E-state index contributed by atoms with van der Waals surface area (Å²) in [7, 11) is 0. The lowest BCUT2D eigenvalue weighted by Gasteiger charge is -2.13. The van der Waals surface area contributed by atoms with Crippen LogP contribution in [-0.2, 0) is 0 Å². The van der Waals surface area contributed by atoms with Crippen LogP contribution in [0.15, 0.2) is 231 Å². The van der Waals surface area contributed by atoms with Crippen molar-refractivity contribution in [2.75, 3.05) is 42.5 Å². The lowest BCUT2D eigenvalue weighted by Crippen LogP contribution is -1.95. The molecule has 302 valence electrons. The molecule has 0 aromatic heterocycles. The summed E-state index contributed by atoms with van der Waals surface area (Å²) in [6.07, 6.45) is 0. The Labute approximate surface area is 362 Å². The third kappa shape index (κ3) is 10.9. The van der Waals surface area contributed by atoms with Crippen molar-refractivity contribution in [3.8, 4) is 0 Å². The average molecular weight is 807 g/mol. The van der Waals surface area contributed by atoms with Gasteiger partial charge in [-0.3, -0.25) is 0 Å². The van der Waals surface area contributed by atoms with Crippen LogP contribution >= 0.6 is 0 Å². The highest BCUT2D eigenvalue weighted by Gasteiger charge is 2.04. The Hall–Kier alpha value is -8.62. The van der Waals surface area contributed by atoms with Crippen molar-refractivity contribution in [3.63, 3.8) is 0 Å². The molecule has 0 spiro atoms. The minimum absolute atomic E-state index is 1.01. The number of benzene rings is 9. The third-order valence-corrected chi connectivity index (χ3v) is 10.1. The van der Waals surface area contributed by atoms with E-state index in [9.17, 15) is 0 Å². The molecule has 9 aromatic carbocycles. The largest absolute Gasteiger partial charge is 0.356 e. The van der Waals surface area contributed by atoms with Gasteiger partial charge in [-0.05, 0) is 194 Å². The summed E-state index contributed by atoms with van der Waals surface area (Å²) in [6, 6.07) is 78.4. The first-order valence-electron chi connectivity index (χ1n) is 20.6. The molecule has 9 rings (SSSR count). The summed E-state index contributed by atoms with van der Waals surface area (Å²) in [5.41, 5.74) is 16.4. The zero-order valence-electron chi connectivity index (χ0n) is 33.9. The zero-order valence-corrected chi connectivity index (χ0v) is 33.9. The van der Waals surface area contributed by atoms with Crippen molar-refractivity contribution < 1.29 is 0 Å². The first-order chi connectivity index (χ1) is 30.6. The molecule has 0 aliphatic carbocycles. The average Bonchev–Trinajstić information content (AvgIpc) is 3.32. The number of anilines is 16. The fourth-order valence-electron chi connectivity index (χ4n) is 6.83. The first-order valence-corrected chi connectivity index (χ1v) is 20.6. The summed E-state index contributed by atoms with van der Waals surface area (Å²) in [5, 5.41) is 27.8. The van der Waals surface area contributed by atoms with Crippen molar-refractivity contribution in [1.29, 1.82) is 0 Å². The van der Waals surface area contributed by atoms with E-state index in [0.717, 1.165) is 91.0 Å². The molecule has 8 nitrogen and oxygen atoms in total. The van der Waals surface area contributed by atoms with Gasteiger partial charge in [0.25, 0.3) is 0 Å². The normalized spacial score (nSPS) is 10.6. The maximum atomic E-state index is 3.51. The predicted octanol–water partition coefficient (Wildman–Crippen LogP) is 15.6. The minimum atomic E-state index is 1.01. The van der Waals surface area contributed by atoms with Crippen LogP contribution in [-0.4, -0.2) is 0 Å². The van der Waals surface area contributed by atoms with Crippen LogP contribution in [0.25, 0.3) is 0 Å². The van der Waals surface area contributed by atoms with Crippen molar-refractivity contribution in [2.45, 2.75) is 0 Å². The topological polar surface area (TPSA) is 96.2 Å². The maximum absolute atomic E-state index is 3.51. The molecule has 0 radical (unpaired) electrons. The summed E-state index contributed by atoms with van der Waals surface area (Å²) < 4.78 is 0. The van der Waals surface area contributed by atoms with Gasteiger partial charge >= 0.3 is 0 Å². The summed E-state index contributed by atoms with van der Waals surface area (Å²) in [6.45, 7) is 0. The van der Waals surface area contributed by atoms with Gasteiger partial charge in [-0.15, -0.1) is 0 Å². The zero-order chi connectivity index (χ0) is 41.8. The number of nitrogens with one attached hydrogen (secondary N) is 8. The van der Waals surface area contributed by atoms with Crippen LogP contribution in [0.1, 0.15) is 0 Å². The molecule has 0 heterocycles. The Morgan fingerprint density at radius 1 is 0.113 bits per heavy atom. The number of hydrogen-bond donors (Lipinski definition) is 8. The van der Waals surface area contributed by atoms with Gasteiger partial charge in [0.1, 0.15) is 0 Å². The minimum Gasteiger partial charge on any atom is -0.356 e. The quantitative estimate of drug-likeness (QED) is 0.0489. The van der Waals surface area contributed by atoms with E-state index in [2.05, 4.69) is 237 Å². The van der Waals surface area contributed by atoms with Gasteiger partial charge in [0, 0.05) is 91.0 Å². The van der Waals surface area contributed by atoms with E-state index in [-0.39, 0.29) is 0 Å². The van der Waals surface area contributed by atoms with E-state index in [0.29, 0.717) is 0 Å². The molecule has 8 heteroatoms. The van der Waals surface area contributed by atoms with E-state index in [4.69, 9.17) is 0 Å². The Kier molecular flexibility index (Phi) is 11.9. The second-order valence-electron chi connectivity index (χ2n) is 14.8. The molecule has 0 bridgehead atoms. The fourth-order valence-corrected chi connectivity index (χ4v) is 6.83. The lowest BCUT2D eigenvalue weighted by molar-refractivity contribution is 1.49. The van der Waals surface area contributed by atoms with Crippen LogP contribution in [0.4, 0.5) is 91.0 Å². The van der Waals surface area contributed by atoms with Crippen LogP contribution in [0.3, 0.4) is 0 Å². The molecule has 62 heavy (non-hydrogen) atoms. The maximum Gasteiger partial charge on any atom is 0.0385 e. The van der Waals surface area contributed by atoms with Crippen molar-refractivity contribution in [3.05, 3.63) is 231 Å². The number of hydrogen-bond acceptors (Lipinski definition) is 8. The van der Waals surface area contributed by atoms with Gasteiger partial charge in [-0.25, -0.2) is 0 Å². The molecule has 0 saturated carbocycles. The summed E-state index contributed by atoms with van der Waals surface area (Å²) in [5.74, 6) is 0. The van der Waals surface area contributed by atoms with Gasteiger partial charge in [0.05, 0.1) is 0 Å². The fraction of sp³-hybridized carbons (Fsp3) is 0. The van der Waals surface area contributed by atoms with Crippen molar-refractivity contribution in [1.82, 2.24) is 0 Å². The Bertz CT molecular complexity index is 2560. The second-order valence-corrected chi connectivity index (χ2v) is 14.8. The van der Waals surface area contributed by atoms with E-state index in [1.165, 1.54) is 0 Å². The molecule has 0 aliphatic rings. The molecule has 8 N–H and O–H groups in total. The van der Waals surface area contributed by atoms with Gasteiger partial charge < -0.3 is 42.5 Å². The first kappa shape index (κ1) is 38.9. The van der Waals surface area contributed by atoms with Gasteiger partial charge in [0.2, 0.25) is 0 Å². The smallest absolute Gasteiger partial charge is 0.0385 e. The van der Waals surface area contributed by atoms with Crippen molar-refractivity contribution >= 4 is 91.0 Å². The highest BCUT2D eigenvalue weighted by molar-refractivity contribution is 5.73.